The van der Waals surface area contributed by atoms with Crippen LogP contribution in [0.25, 0.3) is 0 Å². The average Bonchev–Trinajstić information content (AvgIpc) is 2.43. The minimum absolute atomic E-state index is 0.0224. The SMILES string of the molecule is [2H]c1c([2H])c(C([2H])([2H])N2CC(C)OC(C)C2)c([2H])c(F)c1C(C)(C)C. The maximum Gasteiger partial charge on any atom is 0.127 e. The van der Waals surface area contributed by atoms with Crippen LogP contribution in [0.2, 0.25) is 0 Å². The van der Waals surface area contributed by atoms with Gasteiger partial charge in [-0.05, 0) is 36.4 Å². The van der Waals surface area contributed by atoms with Gasteiger partial charge in [-0.2, -0.15) is 0 Å². The molecule has 1 aliphatic rings. The molecule has 3 heteroatoms. The molecule has 2 nitrogen and oxygen atoms in total. The third kappa shape index (κ3) is 3.80. The summed E-state index contributed by atoms with van der Waals surface area (Å²) >= 11 is 0. The predicted molar refractivity (Wildman–Crippen MR) is 80.4 cm³/mol. The second-order valence-corrected chi connectivity index (χ2v) is 6.46. The first kappa shape index (κ1) is 9.91. The Labute approximate surface area is 129 Å². The van der Waals surface area contributed by atoms with Gasteiger partial charge in [0, 0.05) is 22.3 Å². The molecule has 1 saturated heterocycles. The molecule has 2 atom stereocenters. The Morgan fingerprint density at radius 1 is 1.35 bits per heavy atom. The van der Waals surface area contributed by atoms with Crippen molar-refractivity contribution in [3.63, 3.8) is 0 Å². The van der Waals surface area contributed by atoms with Crippen molar-refractivity contribution in [2.75, 3.05) is 13.1 Å². The van der Waals surface area contributed by atoms with E-state index in [1.165, 1.54) is 4.90 Å². The highest BCUT2D eigenvalue weighted by Gasteiger charge is 2.23. The molecule has 0 radical (unpaired) electrons. The number of morpholine rings is 1. The molecule has 0 N–H and O–H groups in total. The van der Waals surface area contributed by atoms with Crippen molar-refractivity contribution in [3.8, 4) is 0 Å². The first-order valence-corrected chi connectivity index (χ1v) is 6.99. The molecule has 20 heavy (non-hydrogen) atoms. The molecule has 112 valence electrons. The second-order valence-electron chi connectivity index (χ2n) is 6.46. The lowest BCUT2D eigenvalue weighted by molar-refractivity contribution is -0.0705. The topological polar surface area (TPSA) is 12.5 Å². The predicted octanol–water partition coefficient (Wildman–Crippen LogP) is 3.73. The minimum atomic E-state index is -2.23. The van der Waals surface area contributed by atoms with Gasteiger partial charge in [-0.25, -0.2) is 4.39 Å². The maximum absolute atomic E-state index is 14.8. The van der Waals surface area contributed by atoms with E-state index in [-0.39, 0.29) is 42.5 Å². The van der Waals surface area contributed by atoms with E-state index < -0.39 is 29.8 Å². The summed E-state index contributed by atoms with van der Waals surface area (Å²) in [6.07, 6.45) is -0.423. The Bertz CT molecular complexity index is 635. The third-order valence-electron chi connectivity index (χ3n) is 3.21. The second kappa shape index (κ2) is 5.82. The summed E-state index contributed by atoms with van der Waals surface area (Å²) in [5.74, 6) is -0.915. The summed E-state index contributed by atoms with van der Waals surface area (Å²) in [4.78, 5) is 1.47. The zero-order valence-electron chi connectivity index (χ0n) is 17.8. The van der Waals surface area contributed by atoms with Crippen LogP contribution >= 0.6 is 0 Å². The van der Waals surface area contributed by atoms with E-state index in [1.807, 2.05) is 13.8 Å². The van der Waals surface area contributed by atoms with Gasteiger partial charge in [-0.1, -0.05) is 32.9 Å². The van der Waals surface area contributed by atoms with Crippen LogP contribution in [0.3, 0.4) is 0 Å². The number of nitrogens with zero attached hydrogens (tertiary/aromatic N) is 1. The Balaban J connectivity index is 2.62. The van der Waals surface area contributed by atoms with Crippen molar-refractivity contribution in [2.24, 2.45) is 0 Å². The minimum Gasteiger partial charge on any atom is -0.373 e. The molecule has 0 aliphatic carbocycles. The molecule has 2 unspecified atom stereocenters. The molecule has 0 bridgehead atoms. The number of ether oxygens (including phenoxy) is 1. The maximum atomic E-state index is 14.8. The average molecular weight is 284 g/mol. The van der Waals surface area contributed by atoms with E-state index in [4.69, 9.17) is 11.6 Å². The number of hydrogen-bond acceptors (Lipinski definition) is 2. The summed E-state index contributed by atoms with van der Waals surface area (Å²) < 4.78 is 62.0. The van der Waals surface area contributed by atoms with Gasteiger partial charge in [-0.3, -0.25) is 4.90 Å². The zero-order chi connectivity index (χ0) is 19.3. The van der Waals surface area contributed by atoms with Gasteiger partial charge in [0.05, 0.1) is 16.3 Å². The molecule has 1 aromatic carbocycles. The zero-order valence-corrected chi connectivity index (χ0v) is 12.8. The number of rotatable bonds is 2. The van der Waals surface area contributed by atoms with Crippen molar-refractivity contribution < 1.29 is 16.0 Å². The Kier molecular flexibility index (Phi) is 2.88. The van der Waals surface area contributed by atoms with Crippen molar-refractivity contribution in [1.29, 1.82) is 0 Å². The molecule has 1 fully saturated rings. The van der Waals surface area contributed by atoms with E-state index in [1.54, 1.807) is 20.8 Å². The van der Waals surface area contributed by atoms with E-state index >= 15 is 0 Å². The largest absolute Gasteiger partial charge is 0.373 e. The molecule has 0 amide bonds. The summed E-state index contributed by atoms with van der Waals surface area (Å²) in [6, 6.07) is -1.41. The monoisotopic (exact) mass is 284 g/mol. The molecular formula is C17H26FNO. The van der Waals surface area contributed by atoms with Crippen LogP contribution < -0.4 is 0 Å². The fourth-order valence-corrected chi connectivity index (χ4v) is 2.38. The van der Waals surface area contributed by atoms with Gasteiger partial charge in [0.2, 0.25) is 0 Å². The molecule has 2 rings (SSSR count). The van der Waals surface area contributed by atoms with Crippen LogP contribution in [0.1, 0.15) is 52.6 Å². The Morgan fingerprint density at radius 3 is 2.50 bits per heavy atom. The van der Waals surface area contributed by atoms with Crippen LogP contribution in [0, 0.1) is 5.82 Å². The molecule has 1 heterocycles. The first-order valence-electron chi connectivity index (χ1n) is 9.49. The normalized spacial score (nSPS) is 29.2. The highest BCUT2D eigenvalue weighted by molar-refractivity contribution is 5.29. The summed E-state index contributed by atoms with van der Waals surface area (Å²) in [7, 11) is 0. The van der Waals surface area contributed by atoms with Crippen molar-refractivity contribution >= 4 is 0 Å². The number of hydrogen-bond donors (Lipinski definition) is 0. The molecule has 1 aromatic rings. The van der Waals surface area contributed by atoms with Crippen molar-refractivity contribution in [1.82, 2.24) is 4.90 Å². The third-order valence-corrected chi connectivity index (χ3v) is 3.21. The summed E-state index contributed by atoms with van der Waals surface area (Å²) in [5.41, 5.74) is -1.16. The number of benzene rings is 1. The van der Waals surface area contributed by atoms with Gasteiger partial charge in [-0.15, -0.1) is 0 Å². The molecule has 0 spiro atoms. The van der Waals surface area contributed by atoms with Gasteiger partial charge in [0.15, 0.2) is 0 Å². The highest BCUT2D eigenvalue weighted by Crippen LogP contribution is 2.26. The number of halogens is 1. The van der Waals surface area contributed by atoms with Crippen LogP contribution in [0.15, 0.2) is 18.1 Å². The van der Waals surface area contributed by atoms with Crippen LogP contribution in [0.5, 0.6) is 0 Å². The standard InChI is InChI=1S/C17H26FNO/c1-12-9-19(10-13(2)20-12)11-14-6-7-15(16(18)8-14)17(3,4)5/h6-8,12-13H,9-11H2,1-5H3/i6D,7D,8D,11D2. The highest BCUT2D eigenvalue weighted by atomic mass is 19.1. The van der Waals surface area contributed by atoms with Crippen molar-refractivity contribution in [3.05, 3.63) is 35.1 Å². The van der Waals surface area contributed by atoms with E-state index in [0.717, 1.165) is 0 Å². The molecule has 1 aliphatic heterocycles. The van der Waals surface area contributed by atoms with Gasteiger partial charge < -0.3 is 4.74 Å². The fourth-order valence-electron chi connectivity index (χ4n) is 2.38. The van der Waals surface area contributed by atoms with Crippen LogP contribution in [-0.4, -0.2) is 30.2 Å². The molecule has 0 aromatic heterocycles. The Hall–Kier alpha value is -0.930. The van der Waals surface area contributed by atoms with Crippen LogP contribution in [0.4, 0.5) is 4.39 Å². The molecule has 0 saturated carbocycles. The lowest BCUT2D eigenvalue weighted by Gasteiger charge is -2.35. The smallest absolute Gasteiger partial charge is 0.127 e. The first-order chi connectivity index (χ1) is 11.3. The summed E-state index contributed by atoms with van der Waals surface area (Å²) in [5, 5.41) is 0. The lowest BCUT2D eigenvalue weighted by atomic mass is 9.86. The fraction of sp³-hybridized carbons (Fsp3) is 0.647. The quantitative estimate of drug-likeness (QED) is 0.820. The van der Waals surface area contributed by atoms with E-state index in [2.05, 4.69) is 0 Å². The van der Waals surface area contributed by atoms with E-state index in [0.29, 0.717) is 0 Å². The van der Waals surface area contributed by atoms with E-state index in [9.17, 15) is 4.39 Å². The lowest BCUT2D eigenvalue weighted by Crippen LogP contribution is -2.44. The van der Waals surface area contributed by atoms with Crippen LogP contribution in [-0.2, 0) is 16.6 Å². The van der Waals surface area contributed by atoms with Gasteiger partial charge in [0.1, 0.15) is 5.82 Å². The van der Waals surface area contributed by atoms with Gasteiger partial charge in [0.25, 0.3) is 0 Å². The Morgan fingerprint density at radius 2 is 1.95 bits per heavy atom. The summed E-state index contributed by atoms with van der Waals surface area (Å²) in [6.45, 7) is 7.08. The molecular weight excluding hydrogens is 253 g/mol. The van der Waals surface area contributed by atoms with Crippen molar-refractivity contribution in [2.45, 2.75) is 58.7 Å². The van der Waals surface area contributed by atoms with Gasteiger partial charge >= 0.3 is 0 Å².